The maximum absolute atomic E-state index is 13.5. The third-order valence-corrected chi connectivity index (χ3v) is 8.98. The summed E-state index contributed by atoms with van der Waals surface area (Å²) in [6.07, 6.45) is 9.50. The van der Waals surface area contributed by atoms with E-state index >= 15 is 0 Å². The number of carboxylic acid groups (broad SMARTS) is 1. The van der Waals surface area contributed by atoms with E-state index in [-0.39, 0.29) is 42.1 Å². The number of aromatic hydroxyl groups is 1. The Hall–Kier alpha value is -2.93. The summed E-state index contributed by atoms with van der Waals surface area (Å²) in [5.41, 5.74) is 6.76. The molecule has 40 heavy (non-hydrogen) atoms. The number of amides is 2. The number of rotatable bonds is 13. The summed E-state index contributed by atoms with van der Waals surface area (Å²) in [7, 11) is 0. The molecule has 218 valence electrons. The van der Waals surface area contributed by atoms with Gasteiger partial charge in [-0.15, -0.1) is 0 Å². The van der Waals surface area contributed by atoms with Gasteiger partial charge in [-0.25, -0.2) is 0 Å². The van der Waals surface area contributed by atoms with Crippen molar-refractivity contribution in [3.63, 3.8) is 0 Å². The Bertz CT molecular complexity index is 1170. The van der Waals surface area contributed by atoms with Crippen molar-refractivity contribution in [2.45, 2.75) is 98.0 Å². The number of fused-ring (bicyclic) bond motifs is 3. The molecule has 3 aliphatic rings. The Kier molecular flexibility index (Phi) is 9.88. The highest BCUT2D eigenvalue weighted by Crippen LogP contribution is 2.50. The van der Waals surface area contributed by atoms with Crippen LogP contribution in [-0.4, -0.2) is 52.2 Å². The first kappa shape index (κ1) is 30.0. The van der Waals surface area contributed by atoms with E-state index in [1.54, 1.807) is 0 Å². The number of hydrogen-bond donors (Lipinski definition) is 2. The number of aliphatic carboxylic acids is 1. The number of aryl methyl sites for hydroxylation is 2. The summed E-state index contributed by atoms with van der Waals surface area (Å²) in [5, 5.41) is 19.0. The Labute approximate surface area is 238 Å². The highest BCUT2D eigenvalue weighted by Gasteiger charge is 2.56. The second-order valence-electron chi connectivity index (χ2n) is 11.8. The summed E-state index contributed by atoms with van der Waals surface area (Å²) >= 11 is 0. The van der Waals surface area contributed by atoms with Crippen molar-refractivity contribution < 1.29 is 29.3 Å². The second kappa shape index (κ2) is 13.2. The topological polar surface area (TPSA) is 104 Å². The van der Waals surface area contributed by atoms with Crippen molar-refractivity contribution in [3.8, 4) is 5.75 Å². The molecule has 0 radical (unpaired) electrons. The lowest BCUT2D eigenvalue weighted by Gasteiger charge is -2.31. The molecule has 0 bridgehead atoms. The van der Waals surface area contributed by atoms with Gasteiger partial charge in [-0.05, 0) is 93.2 Å². The van der Waals surface area contributed by atoms with Crippen LogP contribution >= 0.6 is 0 Å². The van der Waals surface area contributed by atoms with Crippen molar-refractivity contribution in [2.24, 2.45) is 17.8 Å². The van der Waals surface area contributed by atoms with Crippen LogP contribution in [0.2, 0.25) is 0 Å². The second-order valence-corrected chi connectivity index (χ2v) is 11.8. The number of carbonyl (C=O) groups excluding carboxylic acids is 2. The number of carbonyl (C=O) groups is 3. The molecule has 2 amide bonds. The minimum absolute atomic E-state index is 0.0302. The van der Waals surface area contributed by atoms with Gasteiger partial charge < -0.3 is 14.9 Å². The number of nitrogens with zero attached hydrogens (tertiary/aromatic N) is 1. The van der Waals surface area contributed by atoms with Crippen LogP contribution in [0.25, 0.3) is 6.08 Å². The molecule has 4 rings (SSSR count). The first-order chi connectivity index (χ1) is 19.2. The van der Waals surface area contributed by atoms with E-state index in [2.05, 4.69) is 19.9 Å². The normalized spacial score (nSPS) is 24.6. The first-order valence-electron chi connectivity index (χ1n) is 15.1. The molecule has 0 aromatic heterocycles. The van der Waals surface area contributed by atoms with Crippen LogP contribution in [0, 0.1) is 31.6 Å². The zero-order chi connectivity index (χ0) is 29.0. The van der Waals surface area contributed by atoms with E-state index in [4.69, 9.17) is 9.84 Å². The Morgan fingerprint density at radius 2 is 1.75 bits per heavy atom. The van der Waals surface area contributed by atoms with Gasteiger partial charge in [-0.2, -0.15) is 0 Å². The van der Waals surface area contributed by atoms with Gasteiger partial charge in [0.15, 0.2) is 0 Å². The molecular formula is C33H45NO6. The van der Waals surface area contributed by atoms with Crippen LogP contribution in [0.15, 0.2) is 28.9 Å². The van der Waals surface area contributed by atoms with Gasteiger partial charge in [0.25, 0.3) is 0 Å². The Balaban J connectivity index is 1.45. The average molecular weight is 552 g/mol. The van der Waals surface area contributed by atoms with E-state index in [0.717, 1.165) is 48.8 Å². The monoisotopic (exact) mass is 551 g/mol. The number of ether oxygens (including phenoxy) is 1. The quantitative estimate of drug-likeness (QED) is 0.168. The molecule has 2 aliphatic heterocycles. The molecule has 7 heteroatoms. The summed E-state index contributed by atoms with van der Waals surface area (Å²) < 4.78 is 6.37. The van der Waals surface area contributed by atoms with Gasteiger partial charge in [0.05, 0.1) is 24.5 Å². The molecule has 4 atom stereocenters. The third kappa shape index (κ3) is 6.35. The van der Waals surface area contributed by atoms with Crippen LogP contribution in [0.3, 0.4) is 0 Å². The number of allylic oxidation sites excluding steroid dienone is 2. The van der Waals surface area contributed by atoms with Crippen LogP contribution in [0.4, 0.5) is 0 Å². The minimum Gasteiger partial charge on any atom is -0.507 e. The number of carboxylic acids is 1. The van der Waals surface area contributed by atoms with Gasteiger partial charge in [0.2, 0.25) is 11.8 Å². The number of imide groups is 1. The molecule has 7 nitrogen and oxygen atoms in total. The molecule has 1 aromatic rings. The number of benzene rings is 1. The van der Waals surface area contributed by atoms with Gasteiger partial charge in [-0.1, -0.05) is 43.9 Å². The molecule has 2 saturated heterocycles. The van der Waals surface area contributed by atoms with Crippen molar-refractivity contribution in [3.05, 3.63) is 45.5 Å². The largest absolute Gasteiger partial charge is 0.507 e. The number of likely N-dealkylation sites (tertiary alicyclic amines) is 1. The lowest BCUT2D eigenvalue weighted by atomic mass is 9.69. The van der Waals surface area contributed by atoms with Crippen LogP contribution in [0.1, 0.15) is 94.7 Å². The maximum Gasteiger partial charge on any atom is 0.303 e. The average Bonchev–Trinajstić information content (AvgIpc) is 3.44. The fourth-order valence-corrected chi connectivity index (χ4v) is 7.04. The van der Waals surface area contributed by atoms with E-state index in [9.17, 15) is 19.5 Å². The standard InChI is InChI=1S/C33H45NO6/c1-5-10-22(17-23-15-20(3)31(37)21(4)16-23)12-13-27-29-24(6-2)18-25-30(26(29)19-40-27)33(39)34(32(25)38)14-9-7-8-11-28(35)36/h15-17,25-27,30,37H,5-14,18-19H2,1-4H3,(H,35,36)/b22-17+/t25-,26+,27-,30-/m1/s1. The van der Waals surface area contributed by atoms with Crippen LogP contribution in [-0.2, 0) is 19.1 Å². The molecule has 1 aromatic carbocycles. The van der Waals surface area contributed by atoms with Crippen molar-refractivity contribution in [1.29, 1.82) is 0 Å². The zero-order valence-corrected chi connectivity index (χ0v) is 24.5. The molecule has 2 N–H and O–H groups in total. The molecule has 2 fully saturated rings. The Morgan fingerprint density at radius 3 is 2.40 bits per heavy atom. The van der Waals surface area contributed by atoms with Crippen LogP contribution < -0.4 is 0 Å². The molecule has 1 aliphatic carbocycles. The lowest BCUT2D eigenvalue weighted by molar-refractivity contribution is -0.141. The van der Waals surface area contributed by atoms with Gasteiger partial charge >= 0.3 is 5.97 Å². The molecule has 2 heterocycles. The van der Waals surface area contributed by atoms with Crippen LogP contribution in [0.5, 0.6) is 5.75 Å². The highest BCUT2D eigenvalue weighted by atomic mass is 16.5. The number of hydrogen-bond acceptors (Lipinski definition) is 5. The number of phenolic OH excluding ortho intramolecular Hbond substituents is 1. The van der Waals surface area contributed by atoms with E-state index in [1.807, 2.05) is 26.0 Å². The van der Waals surface area contributed by atoms with E-state index in [0.29, 0.717) is 44.6 Å². The summed E-state index contributed by atoms with van der Waals surface area (Å²) in [6, 6.07) is 4.05. The van der Waals surface area contributed by atoms with E-state index in [1.165, 1.54) is 21.6 Å². The predicted molar refractivity (Wildman–Crippen MR) is 155 cm³/mol. The summed E-state index contributed by atoms with van der Waals surface area (Å²) in [5.74, 6) is -1.26. The van der Waals surface area contributed by atoms with Crippen molar-refractivity contribution in [2.75, 3.05) is 13.2 Å². The first-order valence-corrected chi connectivity index (χ1v) is 15.1. The fourth-order valence-electron chi connectivity index (χ4n) is 7.04. The molecule has 0 spiro atoms. The zero-order valence-electron chi connectivity index (χ0n) is 24.5. The fraction of sp³-hybridized carbons (Fsp3) is 0.606. The third-order valence-electron chi connectivity index (χ3n) is 8.98. The smallest absolute Gasteiger partial charge is 0.303 e. The Morgan fingerprint density at radius 1 is 1.02 bits per heavy atom. The minimum atomic E-state index is -0.816. The van der Waals surface area contributed by atoms with Gasteiger partial charge in [-0.3, -0.25) is 19.3 Å². The summed E-state index contributed by atoms with van der Waals surface area (Å²) in [6.45, 7) is 9.03. The van der Waals surface area contributed by atoms with Gasteiger partial charge in [0.1, 0.15) is 5.75 Å². The highest BCUT2D eigenvalue weighted by molar-refractivity contribution is 6.06. The lowest BCUT2D eigenvalue weighted by Crippen LogP contribution is -2.34. The molecule has 0 saturated carbocycles. The van der Waals surface area contributed by atoms with Crippen molar-refractivity contribution in [1.82, 2.24) is 4.90 Å². The molecular weight excluding hydrogens is 506 g/mol. The number of unbranched alkanes of at least 4 members (excludes halogenated alkanes) is 2. The number of phenols is 1. The van der Waals surface area contributed by atoms with Gasteiger partial charge in [0, 0.05) is 18.9 Å². The van der Waals surface area contributed by atoms with Crippen molar-refractivity contribution >= 4 is 23.9 Å². The van der Waals surface area contributed by atoms with E-state index < -0.39 is 5.97 Å². The predicted octanol–water partition coefficient (Wildman–Crippen LogP) is 6.34. The maximum atomic E-state index is 13.5. The SMILES string of the molecule is CCC/C(=C\c1cc(C)c(O)c(C)c1)CC[C@H]1OC[C@H]2C1=C(CC)C[C@H]1C(=O)N(CCCCCC(=O)O)C(=O)[C@H]12. The summed E-state index contributed by atoms with van der Waals surface area (Å²) in [4.78, 5) is 39.0. The molecule has 0 unspecified atom stereocenters.